The summed E-state index contributed by atoms with van der Waals surface area (Å²) < 4.78 is 17.2. The zero-order valence-electron chi connectivity index (χ0n) is 16.3. The maximum Gasteiger partial charge on any atom is 0.341 e. The Kier molecular flexibility index (Phi) is 4.70. The van der Waals surface area contributed by atoms with Gasteiger partial charge in [0, 0.05) is 41.5 Å². The fourth-order valence-electron chi connectivity index (χ4n) is 4.13. The predicted molar refractivity (Wildman–Crippen MR) is 112 cm³/mol. The monoisotopic (exact) mass is 419 g/mol. The molecule has 1 aromatic heterocycles. The number of nitrogens with zero attached hydrogens (tertiary/aromatic N) is 2. The minimum absolute atomic E-state index is 0.0303. The summed E-state index contributed by atoms with van der Waals surface area (Å²) in [5, 5.41) is 9.81. The highest BCUT2D eigenvalue weighted by atomic mass is 35.5. The van der Waals surface area contributed by atoms with Crippen molar-refractivity contribution < 1.29 is 14.3 Å². The maximum atomic E-state index is 15.4. The van der Waals surface area contributed by atoms with Crippen molar-refractivity contribution in [2.45, 2.75) is 44.7 Å². The molecular formula is C21H23ClFN3O3. The summed E-state index contributed by atoms with van der Waals surface area (Å²) in [5.41, 5.74) is 5.94. The predicted octanol–water partition coefficient (Wildman–Crippen LogP) is 3.70. The zero-order valence-corrected chi connectivity index (χ0v) is 17.1. The lowest BCUT2D eigenvalue weighted by Gasteiger charge is -2.26. The lowest BCUT2D eigenvalue weighted by Crippen LogP contribution is -2.39. The molecule has 154 valence electrons. The quantitative estimate of drug-likeness (QED) is 0.788. The van der Waals surface area contributed by atoms with Crippen LogP contribution < -0.4 is 16.1 Å². The summed E-state index contributed by atoms with van der Waals surface area (Å²) >= 11 is 6.55. The molecule has 0 spiro atoms. The van der Waals surface area contributed by atoms with Gasteiger partial charge in [-0.3, -0.25) is 4.79 Å². The molecule has 4 rings (SSSR count). The van der Waals surface area contributed by atoms with Gasteiger partial charge in [0.25, 0.3) is 0 Å². The molecule has 0 amide bonds. The van der Waals surface area contributed by atoms with E-state index in [9.17, 15) is 14.7 Å². The molecule has 29 heavy (non-hydrogen) atoms. The van der Waals surface area contributed by atoms with Gasteiger partial charge in [-0.05, 0) is 39.2 Å². The number of carbonyl (C=O) groups is 1. The number of carboxylic acids is 1. The molecule has 1 saturated heterocycles. The van der Waals surface area contributed by atoms with E-state index in [1.807, 2.05) is 11.8 Å². The Hall–Kier alpha value is -2.38. The number of benzene rings is 1. The van der Waals surface area contributed by atoms with Gasteiger partial charge in [-0.25, -0.2) is 9.18 Å². The molecule has 2 heterocycles. The van der Waals surface area contributed by atoms with Gasteiger partial charge >= 0.3 is 5.97 Å². The van der Waals surface area contributed by atoms with E-state index in [4.69, 9.17) is 17.3 Å². The van der Waals surface area contributed by atoms with Gasteiger partial charge in [0.2, 0.25) is 5.43 Å². The Morgan fingerprint density at radius 1 is 1.45 bits per heavy atom. The SMILES string of the molecule is C/C=C(\Cl)c1c(N2CCC(C)(N)C2)c(F)cc2c(=O)c(C(=O)O)cn(C3CC3)c12. The standard InChI is InChI=1S/C21H23ClFN3O3/c1-3-14(22)16-17-12(8-15(23)18(16)25-7-6-21(2,24)10-25)19(27)13(20(28)29)9-26(17)11-4-5-11/h3,8-9,11H,4-7,10,24H2,1-2H3,(H,28,29)/b14-3-. The van der Waals surface area contributed by atoms with Crippen LogP contribution in [0.15, 0.2) is 23.1 Å². The normalized spacial score (nSPS) is 22.5. The van der Waals surface area contributed by atoms with E-state index in [1.54, 1.807) is 17.6 Å². The average molecular weight is 420 g/mol. The second-order valence-corrected chi connectivity index (χ2v) is 8.66. The van der Waals surface area contributed by atoms with Crippen molar-refractivity contribution >= 4 is 39.2 Å². The number of carboxylic acid groups (broad SMARTS) is 1. The summed E-state index contributed by atoms with van der Waals surface area (Å²) in [6.07, 6.45) is 5.45. The molecule has 8 heteroatoms. The van der Waals surface area contributed by atoms with Gasteiger partial charge in [-0.1, -0.05) is 17.7 Å². The molecule has 2 aliphatic rings. The van der Waals surface area contributed by atoms with Crippen LogP contribution in [0.25, 0.3) is 15.9 Å². The number of hydrogen-bond donors (Lipinski definition) is 2. The molecule has 0 bridgehead atoms. The molecule has 1 aliphatic carbocycles. The lowest BCUT2D eigenvalue weighted by molar-refractivity contribution is 0.0695. The third-order valence-corrected chi connectivity index (χ3v) is 6.13. The molecule has 1 aliphatic heterocycles. The maximum absolute atomic E-state index is 15.4. The van der Waals surface area contributed by atoms with Crippen molar-refractivity contribution in [3.8, 4) is 0 Å². The fourth-order valence-corrected chi connectivity index (χ4v) is 4.31. The third kappa shape index (κ3) is 3.32. The lowest BCUT2D eigenvalue weighted by atomic mass is 10.0. The molecule has 1 aromatic carbocycles. The topological polar surface area (TPSA) is 88.6 Å². The Morgan fingerprint density at radius 3 is 2.66 bits per heavy atom. The van der Waals surface area contributed by atoms with Gasteiger partial charge < -0.3 is 20.3 Å². The van der Waals surface area contributed by atoms with E-state index in [1.165, 1.54) is 6.20 Å². The van der Waals surface area contributed by atoms with Crippen LogP contribution in [0.4, 0.5) is 10.1 Å². The first-order valence-electron chi connectivity index (χ1n) is 9.65. The van der Waals surface area contributed by atoms with Crippen LogP contribution in [0.1, 0.15) is 55.1 Å². The van der Waals surface area contributed by atoms with E-state index in [2.05, 4.69) is 0 Å². The van der Waals surface area contributed by atoms with E-state index in [0.29, 0.717) is 41.3 Å². The number of fused-ring (bicyclic) bond motifs is 1. The number of anilines is 1. The number of hydrogen-bond acceptors (Lipinski definition) is 4. The Bertz CT molecular complexity index is 1120. The number of pyridine rings is 1. The van der Waals surface area contributed by atoms with Crippen LogP contribution in [0.5, 0.6) is 0 Å². The highest BCUT2D eigenvalue weighted by molar-refractivity contribution is 6.50. The van der Waals surface area contributed by atoms with Crippen LogP contribution in [-0.4, -0.2) is 34.3 Å². The minimum Gasteiger partial charge on any atom is -0.477 e. The van der Waals surface area contributed by atoms with Gasteiger partial charge in [0.1, 0.15) is 11.4 Å². The molecule has 1 atom stereocenters. The number of aromatic nitrogens is 1. The number of halogens is 2. The van der Waals surface area contributed by atoms with Crippen molar-refractivity contribution in [1.29, 1.82) is 0 Å². The first-order chi connectivity index (χ1) is 13.6. The largest absolute Gasteiger partial charge is 0.477 e. The van der Waals surface area contributed by atoms with Crippen molar-refractivity contribution in [3.63, 3.8) is 0 Å². The summed E-state index contributed by atoms with van der Waals surface area (Å²) in [6.45, 7) is 4.68. The molecule has 2 fully saturated rings. The number of nitrogens with two attached hydrogens (primary N) is 1. The number of rotatable bonds is 4. The Morgan fingerprint density at radius 2 is 2.14 bits per heavy atom. The van der Waals surface area contributed by atoms with Gasteiger partial charge in [-0.2, -0.15) is 0 Å². The summed E-state index contributed by atoms with van der Waals surface area (Å²) in [6, 6.07) is 1.21. The third-order valence-electron chi connectivity index (χ3n) is 5.73. The van der Waals surface area contributed by atoms with E-state index >= 15 is 4.39 Å². The number of allylic oxidation sites excluding steroid dienone is 1. The van der Waals surface area contributed by atoms with E-state index < -0.39 is 22.8 Å². The highest BCUT2D eigenvalue weighted by Crippen LogP contribution is 2.44. The van der Waals surface area contributed by atoms with Crippen LogP contribution in [0.3, 0.4) is 0 Å². The first kappa shape index (κ1) is 19.9. The molecule has 3 N–H and O–H groups in total. The fraction of sp³-hybridized carbons (Fsp3) is 0.429. The molecule has 2 aromatic rings. The van der Waals surface area contributed by atoms with Crippen molar-refractivity contribution in [2.75, 3.05) is 18.0 Å². The van der Waals surface area contributed by atoms with Gasteiger partial charge in [-0.15, -0.1) is 0 Å². The molecule has 1 unspecified atom stereocenters. The molecule has 6 nitrogen and oxygen atoms in total. The summed E-state index contributed by atoms with van der Waals surface area (Å²) in [5.74, 6) is -1.93. The zero-order chi connectivity index (χ0) is 21.1. The summed E-state index contributed by atoms with van der Waals surface area (Å²) in [4.78, 5) is 26.3. The molecular weight excluding hydrogens is 397 g/mol. The number of aromatic carboxylic acids is 1. The van der Waals surface area contributed by atoms with E-state index in [-0.39, 0.29) is 17.0 Å². The van der Waals surface area contributed by atoms with Crippen molar-refractivity contribution in [3.05, 3.63) is 45.5 Å². The van der Waals surface area contributed by atoms with Crippen LogP contribution in [0, 0.1) is 5.82 Å². The van der Waals surface area contributed by atoms with Crippen LogP contribution >= 0.6 is 11.6 Å². The first-order valence-corrected chi connectivity index (χ1v) is 10.0. The Balaban J connectivity index is 2.12. The second-order valence-electron chi connectivity index (χ2n) is 8.26. The second kappa shape index (κ2) is 6.85. The molecule has 1 saturated carbocycles. The Labute approximate surface area is 172 Å². The average Bonchev–Trinajstić information content (AvgIpc) is 3.43. The minimum atomic E-state index is -1.33. The summed E-state index contributed by atoms with van der Waals surface area (Å²) in [7, 11) is 0. The highest BCUT2D eigenvalue weighted by Gasteiger charge is 2.35. The van der Waals surface area contributed by atoms with Crippen LogP contribution in [0.2, 0.25) is 0 Å². The van der Waals surface area contributed by atoms with Crippen LogP contribution in [-0.2, 0) is 0 Å². The van der Waals surface area contributed by atoms with E-state index in [0.717, 1.165) is 18.9 Å². The van der Waals surface area contributed by atoms with Gasteiger partial charge in [0.05, 0.1) is 16.6 Å². The van der Waals surface area contributed by atoms with Crippen molar-refractivity contribution in [2.24, 2.45) is 5.73 Å². The molecule has 0 radical (unpaired) electrons. The van der Waals surface area contributed by atoms with Gasteiger partial charge in [0.15, 0.2) is 0 Å². The smallest absolute Gasteiger partial charge is 0.341 e. The van der Waals surface area contributed by atoms with Crippen molar-refractivity contribution in [1.82, 2.24) is 4.57 Å².